The van der Waals surface area contributed by atoms with Crippen molar-refractivity contribution in [3.8, 4) is 11.5 Å². The molecule has 0 amide bonds. The van der Waals surface area contributed by atoms with Crippen LogP contribution in [0.3, 0.4) is 0 Å². The van der Waals surface area contributed by atoms with Gasteiger partial charge in [0.05, 0.1) is 13.3 Å². The van der Waals surface area contributed by atoms with Crippen molar-refractivity contribution in [2.75, 3.05) is 7.11 Å². The lowest BCUT2D eigenvalue weighted by Gasteiger charge is -2.11. The van der Waals surface area contributed by atoms with E-state index < -0.39 is 0 Å². The lowest BCUT2D eigenvalue weighted by atomic mass is 10.2. The molecule has 0 aliphatic carbocycles. The van der Waals surface area contributed by atoms with Gasteiger partial charge in [0.1, 0.15) is 12.4 Å². The average Bonchev–Trinajstić information content (AvgIpc) is 3.05. The van der Waals surface area contributed by atoms with Gasteiger partial charge >= 0.3 is 0 Å². The molecule has 0 aliphatic rings. The molecule has 0 fully saturated rings. The summed E-state index contributed by atoms with van der Waals surface area (Å²) in [5.74, 6) is 1.53. The molecular weight excluding hydrogens is 379 g/mol. The minimum Gasteiger partial charge on any atom is -0.493 e. The summed E-state index contributed by atoms with van der Waals surface area (Å²) in [6, 6.07) is 11.9. The maximum absolute atomic E-state index is 13.7. The molecule has 1 aromatic heterocycles. The summed E-state index contributed by atoms with van der Waals surface area (Å²) < 4.78 is 26.9. The van der Waals surface area contributed by atoms with Gasteiger partial charge in [-0.3, -0.25) is 5.10 Å². The van der Waals surface area contributed by atoms with E-state index in [1.165, 1.54) is 6.07 Å². The Morgan fingerprint density at radius 2 is 2.07 bits per heavy atom. The average molecular weight is 400 g/mol. The topological polar surface area (TPSA) is 64.4 Å². The standard InChI is InChI=1S/C20H21FN4O2S/c1-3-6-19-23-24-20(28)25(19)22-12-14-9-10-17(18(11-14)26-2)27-13-15-7-4-5-8-16(15)21/h4-5,7-12H,3,6,13H2,1-2H3,(H,24,28)/b22-12+. The summed E-state index contributed by atoms with van der Waals surface area (Å²) >= 11 is 5.22. The van der Waals surface area contributed by atoms with E-state index in [1.807, 2.05) is 6.07 Å². The third-order valence-electron chi connectivity index (χ3n) is 4.04. The smallest absolute Gasteiger partial charge is 0.216 e. The van der Waals surface area contributed by atoms with Crippen molar-refractivity contribution in [2.24, 2.45) is 5.10 Å². The van der Waals surface area contributed by atoms with Crippen molar-refractivity contribution in [3.63, 3.8) is 0 Å². The lowest BCUT2D eigenvalue weighted by molar-refractivity contribution is 0.279. The van der Waals surface area contributed by atoms with Gasteiger partial charge in [-0.15, -0.1) is 0 Å². The molecule has 0 saturated heterocycles. The van der Waals surface area contributed by atoms with E-state index in [0.29, 0.717) is 21.8 Å². The normalized spacial score (nSPS) is 11.1. The van der Waals surface area contributed by atoms with Gasteiger partial charge in [-0.2, -0.15) is 14.9 Å². The van der Waals surface area contributed by atoms with Crippen LogP contribution in [-0.4, -0.2) is 28.2 Å². The number of hydrogen-bond acceptors (Lipinski definition) is 5. The number of H-pyrrole nitrogens is 1. The maximum Gasteiger partial charge on any atom is 0.216 e. The lowest BCUT2D eigenvalue weighted by Crippen LogP contribution is -2.01. The SMILES string of the molecule is CCCc1n[nH]c(=S)n1/N=C/c1ccc(OCc2ccccc2F)c(OC)c1. The van der Waals surface area contributed by atoms with Crippen LogP contribution in [0.4, 0.5) is 4.39 Å². The van der Waals surface area contributed by atoms with E-state index in [1.54, 1.807) is 48.3 Å². The molecule has 1 N–H and O–H groups in total. The highest BCUT2D eigenvalue weighted by atomic mass is 32.1. The molecule has 0 atom stereocenters. The van der Waals surface area contributed by atoms with Crippen molar-refractivity contribution >= 4 is 18.4 Å². The van der Waals surface area contributed by atoms with Gasteiger partial charge < -0.3 is 9.47 Å². The Labute approximate surface area is 167 Å². The number of nitrogens with one attached hydrogen (secondary N) is 1. The predicted molar refractivity (Wildman–Crippen MR) is 108 cm³/mol. The minimum atomic E-state index is -0.301. The number of aryl methyl sites for hydroxylation is 1. The van der Waals surface area contributed by atoms with Crippen LogP contribution in [0.2, 0.25) is 0 Å². The highest BCUT2D eigenvalue weighted by Crippen LogP contribution is 2.28. The molecule has 0 saturated carbocycles. The number of rotatable bonds is 8. The fourth-order valence-corrected chi connectivity index (χ4v) is 2.81. The predicted octanol–water partition coefficient (Wildman–Crippen LogP) is 4.50. The second-order valence-electron chi connectivity index (χ2n) is 6.04. The van der Waals surface area contributed by atoms with E-state index in [9.17, 15) is 4.39 Å². The third-order valence-corrected chi connectivity index (χ3v) is 4.31. The molecule has 146 valence electrons. The largest absolute Gasteiger partial charge is 0.493 e. The molecule has 0 spiro atoms. The molecular formula is C20H21FN4O2S. The molecule has 0 unspecified atom stereocenters. The zero-order valence-electron chi connectivity index (χ0n) is 15.7. The van der Waals surface area contributed by atoms with E-state index in [2.05, 4.69) is 22.2 Å². The molecule has 0 radical (unpaired) electrons. The first-order valence-electron chi connectivity index (χ1n) is 8.87. The quantitative estimate of drug-likeness (QED) is 0.447. The molecule has 28 heavy (non-hydrogen) atoms. The monoisotopic (exact) mass is 400 g/mol. The maximum atomic E-state index is 13.7. The number of benzene rings is 2. The number of methoxy groups -OCH3 is 1. The van der Waals surface area contributed by atoms with Crippen molar-refractivity contribution in [1.29, 1.82) is 0 Å². The fourth-order valence-electron chi connectivity index (χ4n) is 2.61. The first-order chi connectivity index (χ1) is 13.6. The van der Waals surface area contributed by atoms with Crippen LogP contribution in [0.25, 0.3) is 0 Å². The Bertz CT molecular complexity index is 1030. The van der Waals surface area contributed by atoms with Gasteiger partial charge in [0, 0.05) is 12.0 Å². The number of hydrogen-bond donors (Lipinski definition) is 1. The summed E-state index contributed by atoms with van der Waals surface area (Å²) in [6.45, 7) is 2.18. The van der Waals surface area contributed by atoms with E-state index in [0.717, 1.165) is 24.2 Å². The first-order valence-corrected chi connectivity index (χ1v) is 9.28. The molecule has 0 aliphatic heterocycles. The van der Waals surface area contributed by atoms with Gasteiger partial charge in [-0.25, -0.2) is 4.39 Å². The van der Waals surface area contributed by atoms with Crippen LogP contribution in [0, 0.1) is 10.6 Å². The van der Waals surface area contributed by atoms with E-state index >= 15 is 0 Å². The first kappa shape index (κ1) is 19.8. The molecule has 1 heterocycles. The van der Waals surface area contributed by atoms with Crippen LogP contribution < -0.4 is 9.47 Å². The molecule has 2 aromatic carbocycles. The third kappa shape index (κ3) is 4.64. The molecule has 0 bridgehead atoms. The Hall–Kier alpha value is -3.00. The number of aromatic nitrogens is 3. The van der Waals surface area contributed by atoms with Crippen LogP contribution in [0.5, 0.6) is 11.5 Å². The number of nitrogens with zero attached hydrogens (tertiary/aromatic N) is 3. The summed E-state index contributed by atoms with van der Waals surface area (Å²) in [5.41, 5.74) is 1.29. The zero-order valence-corrected chi connectivity index (χ0v) is 16.5. The minimum absolute atomic E-state index is 0.112. The Kier molecular flexibility index (Phi) is 6.54. The second kappa shape index (κ2) is 9.27. The van der Waals surface area contributed by atoms with Crippen molar-refractivity contribution in [3.05, 3.63) is 70.0 Å². The molecule has 3 aromatic rings. The summed E-state index contributed by atoms with van der Waals surface area (Å²) in [6.07, 6.45) is 3.39. The molecule has 8 heteroatoms. The highest BCUT2D eigenvalue weighted by Gasteiger charge is 2.08. The summed E-state index contributed by atoms with van der Waals surface area (Å²) in [4.78, 5) is 0. The summed E-state index contributed by atoms with van der Waals surface area (Å²) in [7, 11) is 1.55. The van der Waals surface area contributed by atoms with E-state index in [4.69, 9.17) is 21.7 Å². The van der Waals surface area contributed by atoms with Crippen LogP contribution in [-0.2, 0) is 13.0 Å². The number of aromatic amines is 1. The summed E-state index contributed by atoms with van der Waals surface area (Å²) in [5, 5.41) is 11.3. The Balaban J connectivity index is 1.77. The number of ether oxygens (including phenoxy) is 2. The van der Waals surface area contributed by atoms with Gasteiger partial charge in [-0.1, -0.05) is 25.1 Å². The molecule has 3 rings (SSSR count). The van der Waals surface area contributed by atoms with Crippen molar-refractivity contribution in [1.82, 2.24) is 14.9 Å². The molecule has 6 nitrogen and oxygen atoms in total. The Morgan fingerprint density at radius 3 is 2.82 bits per heavy atom. The van der Waals surface area contributed by atoms with Crippen LogP contribution in [0.15, 0.2) is 47.6 Å². The van der Waals surface area contributed by atoms with Crippen LogP contribution in [0.1, 0.15) is 30.3 Å². The van der Waals surface area contributed by atoms with Crippen LogP contribution >= 0.6 is 12.2 Å². The van der Waals surface area contributed by atoms with Gasteiger partial charge in [-0.05, 0) is 48.5 Å². The second-order valence-corrected chi connectivity index (χ2v) is 6.43. The number of halogens is 1. The van der Waals surface area contributed by atoms with Gasteiger partial charge in [0.2, 0.25) is 4.77 Å². The Morgan fingerprint density at radius 1 is 1.25 bits per heavy atom. The highest BCUT2D eigenvalue weighted by molar-refractivity contribution is 7.71. The van der Waals surface area contributed by atoms with Crippen molar-refractivity contribution in [2.45, 2.75) is 26.4 Å². The van der Waals surface area contributed by atoms with Gasteiger partial charge in [0.25, 0.3) is 0 Å². The van der Waals surface area contributed by atoms with Gasteiger partial charge in [0.15, 0.2) is 17.3 Å². The fraction of sp³-hybridized carbons (Fsp3) is 0.250. The van der Waals surface area contributed by atoms with Crippen molar-refractivity contribution < 1.29 is 13.9 Å². The zero-order chi connectivity index (χ0) is 19.9. The van der Waals surface area contributed by atoms with E-state index in [-0.39, 0.29) is 12.4 Å².